The van der Waals surface area contributed by atoms with Crippen molar-refractivity contribution in [3.8, 4) is 22.5 Å². The molecule has 8 nitrogen and oxygen atoms in total. The molecule has 0 spiro atoms. The topological polar surface area (TPSA) is 98.1 Å². The quantitative estimate of drug-likeness (QED) is 0.114. The Balaban J connectivity index is 1.75. The number of ether oxygens (including phenoxy) is 1. The number of carbonyl (C=O) groups is 2. The molecule has 0 aliphatic heterocycles. The molecule has 204 valence electrons. The van der Waals surface area contributed by atoms with Crippen molar-refractivity contribution in [1.82, 2.24) is 14.5 Å². The van der Waals surface area contributed by atoms with Gasteiger partial charge in [0.2, 0.25) is 5.91 Å². The summed E-state index contributed by atoms with van der Waals surface area (Å²) < 4.78 is 8.23. The lowest BCUT2D eigenvalue weighted by Gasteiger charge is -2.17. The average Bonchev–Trinajstić information content (AvgIpc) is 3.54. The average molecular weight is 580 g/mol. The summed E-state index contributed by atoms with van der Waals surface area (Å²) in [5.74, 6) is 0.116. The highest BCUT2D eigenvalue weighted by Gasteiger charge is 2.22. The van der Waals surface area contributed by atoms with Gasteiger partial charge < -0.3 is 15.4 Å². The molecule has 1 aromatic carbocycles. The minimum Gasteiger partial charge on any atom is -0.361 e. The van der Waals surface area contributed by atoms with Crippen molar-refractivity contribution in [3.05, 3.63) is 65.0 Å². The maximum absolute atomic E-state index is 12.7. The van der Waals surface area contributed by atoms with Crippen LogP contribution in [0.4, 0.5) is 11.5 Å². The first kappa shape index (κ1) is 28.7. The van der Waals surface area contributed by atoms with Crippen LogP contribution in [-0.4, -0.2) is 47.3 Å². The van der Waals surface area contributed by atoms with Crippen molar-refractivity contribution in [2.45, 2.75) is 44.5 Å². The van der Waals surface area contributed by atoms with Gasteiger partial charge in [-0.05, 0) is 48.0 Å². The van der Waals surface area contributed by atoms with Crippen LogP contribution >= 0.6 is 23.1 Å². The van der Waals surface area contributed by atoms with Crippen molar-refractivity contribution in [2.75, 3.05) is 23.5 Å². The summed E-state index contributed by atoms with van der Waals surface area (Å²) in [6.45, 7) is 9.46. The molecular formula is C28H33N5O3S2Si. The highest BCUT2D eigenvalue weighted by molar-refractivity contribution is 7.98. The number of thioether (sulfide) groups is 1. The third-order valence-electron chi connectivity index (χ3n) is 5.81. The number of nitrogens with one attached hydrogen (secondary N) is 2. The first-order chi connectivity index (χ1) is 18.6. The summed E-state index contributed by atoms with van der Waals surface area (Å²) in [4.78, 5) is 34.3. The Bertz CT molecular complexity index is 1450. The Kier molecular flexibility index (Phi) is 9.39. The maximum Gasteiger partial charge on any atom is 0.265 e. The van der Waals surface area contributed by atoms with Gasteiger partial charge >= 0.3 is 0 Å². The first-order valence-electron chi connectivity index (χ1n) is 12.6. The summed E-state index contributed by atoms with van der Waals surface area (Å²) in [5.41, 5.74) is 3.97. The van der Waals surface area contributed by atoms with Gasteiger partial charge in [0.25, 0.3) is 5.91 Å². The molecule has 0 aliphatic carbocycles. The predicted octanol–water partition coefficient (Wildman–Crippen LogP) is 6.92. The number of rotatable bonds is 11. The van der Waals surface area contributed by atoms with Gasteiger partial charge in [-0.3, -0.25) is 14.2 Å². The zero-order valence-corrected chi connectivity index (χ0v) is 25.4. The SMILES string of the molecule is CSc1nc(-c2cccc(NC(=O)c3cccs3)c2)c(-c2ccnc(NC(C)=O)c2)n1COCC[Si](C)(C)C. The van der Waals surface area contributed by atoms with E-state index in [-0.39, 0.29) is 11.8 Å². The first-order valence-corrected chi connectivity index (χ1v) is 18.4. The fraction of sp³-hybridized carbons (Fsp3) is 0.286. The molecule has 39 heavy (non-hydrogen) atoms. The molecule has 3 heterocycles. The molecule has 0 atom stereocenters. The number of aromatic nitrogens is 3. The fourth-order valence-corrected chi connectivity index (χ4v) is 5.83. The highest BCUT2D eigenvalue weighted by atomic mass is 32.2. The zero-order chi connectivity index (χ0) is 28.0. The van der Waals surface area contributed by atoms with Crippen LogP contribution in [0, 0.1) is 0 Å². The lowest BCUT2D eigenvalue weighted by molar-refractivity contribution is -0.114. The van der Waals surface area contributed by atoms with Crippen LogP contribution in [0.5, 0.6) is 0 Å². The Morgan fingerprint density at radius 2 is 1.90 bits per heavy atom. The van der Waals surface area contributed by atoms with E-state index in [9.17, 15) is 9.59 Å². The summed E-state index contributed by atoms with van der Waals surface area (Å²) in [5, 5.41) is 8.44. The molecule has 4 aromatic rings. The van der Waals surface area contributed by atoms with E-state index in [1.165, 1.54) is 30.0 Å². The van der Waals surface area contributed by atoms with E-state index in [0.717, 1.165) is 33.7 Å². The minimum atomic E-state index is -1.24. The van der Waals surface area contributed by atoms with Gasteiger partial charge in [0.05, 0.1) is 16.3 Å². The molecule has 0 saturated carbocycles. The second-order valence-electron chi connectivity index (χ2n) is 10.2. The van der Waals surface area contributed by atoms with Crippen LogP contribution in [-0.2, 0) is 16.3 Å². The van der Waals surface area contributed by atoms with Gasteiger partial charge in [-0.1, -0.05) is 49.6 Å². The van der Waals surface area contributed by atoms with E-state index in [0.29, 0.717) is 29.7 Å². The number of imidazole rings is 1. The monoisotopic (exact) mass is 579 g/mol. The summed E-state index contributed by atoms with van der Waals surface area (Å²) in [7, 11) is -1.24. The Hall–Kier alpha value is -3.25. The van der Waals surface area contributed by atoms with Crippen molar-refractivity contribution in [2.24, 2.45) is 0 Å². The van der Waals surface area contributed by atoms with E-state index in [2.05, 4.69) is 39.8 Å². The zero-order valence-electron chi connectivity index (χ0n) is 22.8. The van der Waals surface area contributed by atoms with Crippen LogP contribution in [0.2, 0.25) is 25.7 Å². The van der Waals surface area contributed by atoms with Gasteiger partial charge in [0.1, 0.15) is 12.5 Å². The van der Waals surface area contributed by atoms with Crippen LogP contribution in [0.1, 0.15) is 16.6 Å². The van der Waals surface area contributed by atoms with Crippen molar-refractivity contribution >= 4 is 54.5 Å². The second kappa shape index (κ2) is 12.7. The van der Waals surface area contributed by atoms with Gasteiger partial charge in [-0.2, -0.15) is 0 Å². The smallest absolute Gasteiger partial charge is 0.265 e. The molecule has 0 aliphatic rings. The number of amides is 2. The van der Waals surface area contributed by atoms with E-state index in [1.807, 2.05) is 54.1 Å². The van der Waals surface area contributed by atoms with Crippen LogP contribution in [0.3, 0.4) is 0 Å². The fourth-order valence-electron chi connectivity index (χ4n) is 3.91. The van der Waals surface area contributed by atoms with Crippen molar-refractivity contribution < 1.29 is 14.3 Å². The lowest BCUT2D eigenvalue weighted by atomic mass is 10.0. The normalized spacial score (nSPS) is 11.4. The number of anilines is 2. The summed E-state index contributed by atoms with van der Waals surface area (Å²) in [6, 6.07) is 16.1. The Morgan fingerprint density at radius 1 is 1.08 bits per heavy atom. The van der Waals surface area contributed by atoms with Crippen LogP contribution in [0.15, 0.2) is 65.3 Å². The van der Waals surface area contributed by atoms with Crippen molar-refractivity contribution in [3.63, 3.8) is 0 Å². The molecule has 2 N–H and O–H groups in total. The van der Waals surface area contributed by atoms with Gasteiger partial charge in [0, 0.05) is 44.6 Å². The molecule has 4 rings (SSSR count). The third-order valence-corrected chi connectivity index (χ3v) is 9.06. The molecule has 2 amide bonds. The standard InChI is InChI=1S/C28H33N5O3S2Si/c1-19(34)30-24-17-21(11-12-29-24)26-25(32-28(37-2)33(26)18-36-13-15-39(3,4)5)20-8-6-9-22(16-20)31-27(35)23-10-7-14-38-23/h6-12,14,16-17H,13,15,18H2,1-5H3,(H,31,35)(H,29,30,34). The molecule has 11 heteroatoms. The summed E-state index contributed by atoms with van der Waals surface area (Å²) in [6.07, 6.45) is 3.66. The van der Waals surface area contributed by atoms with Crippen molar-refractivity contribution in [1.29, 1.82) is 0 Å². The lowest BCUT2D eigenvalue weighted by Crippen LogP contribution is -2.22. The molecule has 0 fully saturated rings. The van der Waals surface area contributed by atoms with Gasteiger partial charge in [0.15, 0.2) is 5.16 Å². The van der Waals surface area contributed by atoms with E-state index in [4.69, 9.17) is 9.72 Å². The van der Waals surface area contributed by atoms with Crippen LogP contribution in [0.25, 0.3) is 22.5 Å². The number of hydrogen-bond acceptors (Lipinski definition) is 7. The molecule has 0 bridgehead atoms. The van der Waals surface area contributed by atoms with E-state index < -0.39 is 8.07 Å². The van der Waals surface area contributed by atoms with Gasteiger partial charge in [-0.15, -0.1) is 11.3 Å². The molecule has 3 aromatic heterocycles. The Morgan fingerprint density at radius 3 is 2.59 bits per heavy atom. The summed E-state index contributed by atoms with van der Waals surface area (Å²) >= 11 is 2.94. The second-order valence-corrected chi connectivity index (χ2v) is 17.5. The maximum atomic E-state index is 12.7. The number of carbonyl (C=O) groups excluding carboxylic acids is 2. The van der Waals surface area contributed by atoms with Crippen LogP contribution < -0.4 is 10.6 Å². The largest absolute Gasteiger partial charge is 0.361 e. The minimum absolute atomic E-state index is 0.150. The number of pyridine rings is 1. The molecule has 0 unspecified atom stereocenters. The number of hydrogen-bond donors (Lipinski definition) is 2. The Labute approximate surface area is 238 Å². The highest BCUT2D eigenvalue weighted by Crippen LogP contribution is 2.37. The molecule has 0 radical (unpaired) electrons. The molecule has 0 saturated heterocycles. The number of thiophene rings is 1. The predicted molar refractivity (Wildman–Crippen MR) is 163 cm³/mol. The van der Waals surface area contributed by atoms with E-state index >= 15 is 0 Å². The molecular weight excluding hydrogens is 547 g/mol. The van der Waals surface area contributed by atoms with E-state index in [1.54, 1.807) is 12.3 Å². The van der Waals surface area contributed by atoms with Gasteiger partial charge in [-0.25, -0.2) is 9.97 Å². The number of nitrogens with zero attached hydrogens (tertiary/aromatic N) is 3. The third kappa shape index (κ3) is 7.66. The number of benzene rings is 1.